The third-order valence-electron chi connectivity index (χ3n) is 2.05. The summed E-state index contributed by atoms with van der Waals surface area (Å²) in [7, 11) is -1.70. The lowest BCUT2D eigenvalue weighted by molar-refractivity contribution is -0.133. The minimum Gasteiger partial charge on any atom is -0.481 e. The molecule has 19 heavy (non-hydrogen) atoms. The van der Waals surface area contributed by atoms with E-state index in [9.17, 15) is 13.8 Å². The third kappa shape index (κ3) is 6.04. The van der Waals surface area contributed by atoms with E-state index in [-0.39, 0.29) is 12.3 Å². The van der Waals surface area contributed by atoms with Crippen molar-refractivity contribution in [2.75, 3.05) is 11.5 Å². The van der Waals surface area contributed by atoms with E-state index in [0.29, 0.717) is 10.0 Å². The van der Waals surface area contributed by atoms with Crippen molar-refractivity contribution >= 4 is 45.9 Å². The molecule has 0 aliphatic heterocycles. The third-order valence-corrected chi connectivity index (χ3v) is 3.94. The van der Waals surface area contributed by atoms with Crippen LogP contribution in [0.3, 0.4) is 0 Å². The highest BCUT2D eigenvalue weighted by Gasteiger charge is 2.11. The van der Waals surface area contributed by atoms with Gasteiger partial charge in [0.05, 0.1) is 10.0 Å². The van der Waals surface area contributed by atoms with E-state index in [2.05, 4.69) is 5.32 Å². The number of amides is 1. The fourth-order valence-electron chi connectivity index (χ4n) is 1.24. The van der Waals surface area contributed by atoms with E-state index < -0.39 is 28.4 Å². The van der Waals surface area contributed by atoms with Crippen LogP contribution in [0.25, 0.3) is 0 Å². The van der Waals surface area contributed by atoms with E-state index >= 15 is 0 Å². The van der Waals surface area contributed by atoms with Gasteiger partial charge in [-0.05, 0) is 17.7 Å². The predicted octanol–water partition coefficient (Wildman–Crippen LogP) is 1.44. The Hall–Kier alpha value is -1.11. The first-order valence-electron chi connectivity index (χ1n) is 5.16. The highest BCUT2D eigenvalue weighted by Crippen LogP contribution is 2.22. The van der Waals surface area contributed by atoms with Crippen LogP contribution in [0.2, 0.25) is 10.0 Å². The Bertz CT molecular complexity index is 521. The normalized spacial score (nSPS) is 11.9. The Morgan fingerprint density at radius 2 is 1.89 bits per heavy atom. The first-order valence-corrected chi connectivity index (χ1v) is 7.40. The summed E-state index contributed by atoms with van der Waals surface area (Å²) in [4.78, 5) is 21.7. The summed E-state index contributed by atoms with van der Waals surface area (Å²) in [6.07, 6.45) is 0. The number of hydrogen-bond donors (Lipinski definition) is 2. The quantitative estimate of drug-likeness (QED) is 0.829. The molecule has 5 nitrogen and oxygen atoms in total. The summed E-state index contributed by atoms with van der Waals surface area (Å²) in [5.41, 5.74) is 0.742. The van der Waals surface area contributed by atoms with Gasteiger partial charge >= 0.3 is 5.97 Å². The number of aliphatic carboxylic acids is 1. The van der Waals surface area contributed by atoms with Crippen molar-refractivity contribution in [1.82, 2.24) is 5.32 Å². The molecule has 0 fully saturated rings. The van der Waals surface area contributed by atoms with Gasteiger partial charge < -0.3 is 10.4 Å². The van der Waals surface area contributed by atoms with Crippen LogP contribution in [0.5, 0.6) is 0 Å². The zero-order valence-corrected chi connectivity index (χ0v) is 12.0. The van der Waals surface area contributed by atoms with Gasteiger partial charge in [0, 0.05) is 17.3 Å². The molecule has 0 saturated heterocycles. The molecule has 2 N–H and O–H groups in total. The average Bonchev–Trinajstić information content (AvgIpc) is 2.29. The van der Waals surface area contributed by atoms with Gasteiger partial charge in [-0.2, -0.15) is 0 Å². The molecule has 1 atom stereocenters. The number of hydrogen-bond acceptors (Lipinski definition) is 3. The molecule has 0 spiro atoms. The Kier molecular flexibility index (Phi) is 6.27. The minimum atomic E-state index is -1.70. The van der Waals surface area contributed by atoms with Crippen LogP contribution in [0.15, 0.2) is 18.2 Å². The Morgan fingerprint density at radius 3 is 2.47 bits per heavy atom. The largest absolute Gasteiger partial charge is 0.481 e. The van der Waals surface area contributed by atoms with E-state index in [1.807, 2.05) is 0 Å². The van der Waals surface area contributed by atoms with Crippen molar-refractivity contribution in [3.05, 3.63) is 33.8 Å². The highest BCUT2D eigenvalue weighted by molar-refractivity contribution is 7.86. The van der Waals surface area contributed by atoms with Gasteiger partial charge in [0.1, 0.15) is 11.5 Å². The van der Waals surface area contributed by atoms with Crippen LogP contribution < -0.4 is 5.32 Å². The van der Waals surface area contributed by atoms with Crippen molar-refractivity contribution in [2.24, 2.45) is 0 Å². The first kappa shape index (κ1) is 15.9. The minimum absolute atomic E-state index is 0.208. The van der Waals surface area contributed by atoms with Gasteiger partial charge in [0.15, 0.2) is 0 Å². The topological polar surface area (TPSA) is 83.5 Å². The summed E-state index contributed by atoms with van der Waals surface area (Å²) >= 11 is 11.6. The molecule has 1 aromatic rings. The molecule has 8 heteroatoms. The molecule has 1 aromatic carbocycles. The molecular formula is C11H11Cl2NO4S. The molecule has 1 unspecified atom stereocenters. The highest BCUT2D eigenvalue weighted by atomic mass is 35.5. The van der Waals surface area contributed by atoms with Crippen LogP contribution in [0, 0.1) is 0 Å². The Morgan fingerprint density at radius 1 is 1.21 bits per heavy atom. The zero-order chi connectivity index (χ0) is 14.4. The lowest BCUT2D eigenvalue weighted by atomic mass is 10.2. The summed E-state index contributed by atoms with van der Waals surface area (Å²) in [6, 6.07) is 4.91. The van der Waals surface area contributed by atoms with Crippen molar-refractivity contribution in [2.45, 2.75) is 6.54 Å². The number of carboxylic acids is 1. The summed E-state index contributed by atoms with van der Waals surface area (Å²) in [5.74, 6) is -2.56. The van der Waals surface area contributed by atoms with E-state index in [1.54, 1.807) is 18.2 Å². The maximum atomic E-state index is 11.4. The average molecular weight is 324 g/mol. The van der Waals surface area contributed by atoms with Crippen molar-refractivity contribution in [1.29, 1.82) is 0 Å². The predicted molar refractivity (Wildman–Crippen MR) is 73.8 cm³/mol. The van der Waals surface area contributed by atoms with Crippen molar-refractivity contribution in [3.63, 3.8) is 0 Å². The van der Waals surface area contributed by atoms with Gasteiger partial charge in [0.25, 0.3) is 0 Å². The van der Waals surface area contributed by atoms with Crippen LogP contribution in [0.1, 0.15) is 5.56 Å². The maximum absolute atomic E-state index is 11.4. The molecule has 0 aliphatic rings. The van der Waals surface area contributed by atoms with E-state index in [0.717, 1.165) is 5.56 Å². The van der Waals surface area contributed by atoms with Crippen LogP contribution in [0.4, 0.5) is 0 Å². The Labute approximate surface area is 122 Å². The van der Waals surface area contributed by atoms with E-state index in [4.69, 9.17) is 28.3 Å². The summed E-state index contributed by atoms with van der Waals surface area (Å²) in [6.45, 7) is 0.208. The fourth-order valence-corrected chi connectivity index (χ4v) is 2.33. The number of carboxylic acid groups (broad SMARTS) is 1. The SMILES string of the molecule is O=C(O)CS(=O)CC(=O)NCc1ccc(Cl)c(Cl)c1. The molecule has 104 valence electrons. The van der Waals surface area contributed by atoms with Crippen LogP contribution in [-0.2, 0) is 26.9 Å². The van der Waals surface area contributed by atoms with Gasteiger partial charge in [-0.3, -0.25) is 13.8 Å². The summed E-state index contributed by atoms with van der Waals surface area (Å²) in [5, 5.41) is 11.7. The maximum Gasteiger partial charge on any atom is 0.316 e. The summed E-state index contributed by atoms with van der Waals surface area (Å²) < 4.78 is 11.2. The first-order chi connectivity index (χ1) is 8.88. The molecular weight excluding hydrogens is 313 g/mol. The number of carbonyl (C=O) groups excluding carboxylic acids is 1. The lowest BCUT2D eigenvalue weighted by Crippen LogP contribution is -2.29. The van der Waals surface area contributed by atoms with Crippen molar-refractivity contribution in [3.8, 4) is 0 Å². The zero-order valence-electron chi connectivity index (χ0n) is 9.69. The van der Waals surface area contributed by atoms with Crippen LogP contribution >= 0.6 is 23.2 Å². The molecule has 0 heterocycles. The van der Waals surface area contributed by atoms with Gasteiger partial charge in [-0.15, -0.1) is 0 Å². The Balaban J connectivity index is 2.43. The molecule has 1 amide bonds. The molecule has 1 rings (SSSR count). The standard InChI is InChI=1S/C11H11Cl2NO4S/c12-8-2-1-7(3-9(8)13)4-14-10(15)5-19(18)6-11(16)17/h1-3H,4-6H2,(H,14,15)(H,16,17). The van der Waals surface area contributed by atoms with Gasteiger partial charge in [0.2, 0.25) is 5.91 Å². The number of halogens is 2. The number of rotatable bonds is 6. The number of benzene rings is 1. The van der Waals surface area contributed by atoms with Gasteiger partial charge in [-0.1, -0.05) is 29.3 Å². The smallest absolute Gasteiger partial charge is 0.316 e. The lowest BCUT2D eigenvalue weighted by Gasteiger charge is -2.06. The fraction of sp³-hybridized carbons (Fsp3) is 0.273. The monoisotopic (exact) mass is 323 g/mol. The molecule has 0 bridgehead atoms. The van der Waals surface area contributed by atoms with Gasteiger partial charge in [-0.25, -0.2) is 0 Å². The second kappa shape index (κ2) is 7.47. The molecule has 0 aliphatic carbocycles. The molecule has 0 radical (unpaired) electrons. The number of nitrogens with one attached hydrogen (secondary N) is 1. The second-order valence-electron chi connectivity index (χ2n) is 3.65. The second-order valence-corrected chi connectivity index (χ2v) is 5.92. The molecule has 0 saturated carbocycles. The molecule has 0 aromatic heterocycles. The van der Waals surface area contributed by atoms with E-state index in [1.165, 1.54) is 0 Å². The van der Waals surface area contributed by atoms with Crippen molar-refractivity contribution < 1.29 is 18.9 Å². The number of carbonyl (C=O) groups is 2. The van der Waals surface area contributed by atoms with Crippen LogP contribution in [-0.4, -0.2) is 32.7 Å².